The number of thiophene rings is 1. The van der Waals surface area contributed by atoms with Crippen molar-refractivity contribution in [2.45, 2.75) is 32.7 Å². The molecule has 1 N–H and O–H groups in total. The number of aromatic nitrogens is 2. The maximum Gasteiger partial charge on any atom is 0.139 e. The molecule has 122 valence electrons. The molecule has 5 nitrogen and oxygen atoms in total. The number of anilines is 1. The molecule has 1 unspecified atom stereocenters. The number of furan rings is 1. The van der Waals surface area contributed by atoms with Crippen molar-refractivity contribution in [3.8, 4) is 0 Å². The molecule has 0 bridgehead atoms. The predicted molar refractivity (Wildman–Crippen MR) is 93.1 cm³/mol. The Morgan fingerprint density at radius 3 is 2.78 bits per heavy atom. The SMILES string of the molecule is CCc1nc(NC(COC)c2ccc(CC)o2)c2ccsc2n1. The number of ether oxygens (including phenoxy) is 1. The van der Waals surface area contributed by atoms with Crippen molar-refractivity contribution in [2.24, 2.45) is 0 Å². The summed E-state index contributed by atoms with van der Waals surface area (Å²) in [7, 11) is 1.69. The second kappa shape index (κ2) is 7.10. The standard InChI is InChI=1S/C17H21N3O2S/c1-4-11-6-7-14(22-11)13(10-21-3)18-16-12-8-9-23-17(12)20-15(5-2)19-16/h6-9,13H,4-5,10H2,1-3H3,(H,18,19,20). The lowest BCUT2D eigenvalue weighted by atomic mass is 10.2. The predicted octanol–water partition coefficient (Wildman–Crippen LogP) is 4.21. The van der Waals surface area contributed by atoms with Crippen LogP contribution in [-0.4, -0.2) is 23.7 Å². The summed E-state index contributed by atoms with van der Waals surface area (Å²) in [5.74, 6) is 3.51. The molecular weight excluding hydrogens is 310 g/mol. The lowest BCUT2D eigenvalue weighted by Gasteiger charge is -2.17. The summed E-state index contributed by atoms with van der Waals surface area (Å²) in [6, 6.07) is 5.98. The summed E-state index contributed by atoms with van der Waals surface area (Å²) in [6.45, 7) is 4.65. The average molecular weight is 331 g/mol. The zero-order valence-corrected chi connectivity index (χ0v) is 14.4. The number of nitrogens with zero attached hydrogens (tertiary/aromatic N) is 2. The minimum atomic E-state index is -0.0805. The molecule has 3 rings (SSSR count). The van der Waals surface area contributed by atoms with E-state index in [0.29, 0.717) is 6.61 Å². The van der Waals surface area contributed by atoms with Gasteiger partial charge in [-0.1, -0.05) is 13.8 Å². The molecule has 3 aromatic rings. The van der Waals surface area contributed by atoms with Crippen LogP contribution in [0, 0.1) is 0 Å². The zero-order chi connectivity index (χ0) is 16.2. The van der Waals surface area contributed by atoms with Crippen LogP contribution in [0.4, 0.5) is 5.82 Å². The van der Waals surface area contributed by atoms with E-state index in [1.807, 2.05) is 23.6 Å². The maximum atomic E-state index is 5.89. The molecule has 0 radical (unpaired) electrons. The number of nitrogens with one attached hydrogen (secondary N) is 1. The summed E-state index contributed by atoms with van der Waals surface area (Å²) in [5.41, 5.74) is 0. The fraction of sp³-hybridized carbons (Fsp3) is 0.412. The van der Waals surface area contributed by atoms with Gasteiger partial charge in [-0.3, -0.25) is 0 Å². The van der Waals surface area contributed by atoms with E-state index in [-0.39, 0.29) is 6.04 Å². The summed E-state index contributed by atoms with van der Waals surface area (Å²) in [6.07, 6.45) is 1.68. The van der Waals surface area contributed by atoms with Crippen molar-refractivity contribution in [1.29, 1.82) is 0 Å². The number of aryl methyl sites for hydroxylation is 2. The van der Waals surface area contributed by atoms with Crippen molar-refractivity contribution in [3.05, 3.63) is 40.9 Å². The Kier molecular flexibility index (Phi) is 4.93. The van der Waals surface area contributed by atoms with E-state index in [4.69, 9.17) is 9.15 Å². The van der Waals surface area contributed by atoms with Crippen LogP contribution >= 0.6 is 11.3 Å². The van der Waals surface area contributed by atoms with Crippen LogP contribution in [0.15, 0.2) is 28.0 Å². The highest BCUT2D eigenvalue weighted by Crippen LogP contribution is 2.29. The monoisotopic (exact) mass is 331 g/mol. The van der Waals surface area contributed by atoms with Crippen molar-refractivity contribution in [2.75, 3.05) is 19.0 Å². The fourth-order valence-electron chi connectivity index (χ4n) is 2.47. The van der Waals surface area contributed by atoms with Gasteiger partial charge in [0.1, 0.15) is 34.0 Å². The second-order valence-electron chi connectivity index (χ2n) is 5.29. The minimum Gasteiger partial charge on any atom is -0.464 e. The molecule has 0 aliphatic rings. The van der Waals surface area contributed by atoms with Crippen LogP contribution in [0.1, 0.15) is 37.2 Å². The molecular formula is C17H21N3O2S. The quantitative estimate of drug-likeness (QED) is 0.703. The highest BCUT2D eigenvalue weighted by Gasteiger charge is 2.18. The van der Waals surface area contributed by atoms with Crippen LogP contribution in [0.25, 0.3) is 10.2 Å². The van der Waals surface area contributed by atoms with E-state index in [1.165, 1.54) is 0 Å². The Balaban J connectivity index is 1.94. The van der Waals surface area contributed by atoms with E-state index in [9.17, 15) is 0 Å². The Morgan fingerprint density at radius 2 is 2.09 bits per heavy atom. The lowest BCUT2D eigenvalue weighted by molar-refractivity contribution is 0.178. The number of methoxy groups -OCH3 is 1. The van der Waals surface area contributed by atoms with Gasteiger partial charge in [-0.15, -0.1) is 11.3 Å². The first-order valence-electron chi connectivity index (χ1n) is 7.83. The molecule has 3 heterocycles. The van der Waals surface area contributed by atoms with Crippen LogP contribution in [0.2, 0.25) is 0 Å². The van der Waals surface area contributed by atoms with E-state index in [1.54, 1.807) is 18.4 Å². The molecule has 0 spiro atoms. The van der Waals surface area contributed by atoms with Crippen LogP contribution in [0.5, 0.6) is 0 Å². The maximum absolute atomic E-state index is 5.89. The first-order valence-corrected chi connectivity index (χ1v) is 8.71. The van der Waals surface area contributed by atoms with Gasteiger partial charge in [0.05, 0.1) is 12.0 Å². The van der Waals surface area contributed by atoms with Gasteiger partial charge in [0.15, 0.2) is 0 Å². The Labute approximate surface area is 139 Å². The summed E-state index contributed by atoms with van der Waals surface area (Å²) in [4.78, 5) is 10.2. The minimum absolute atomic E-state index is 0.0805. The number of hydrogen-bond acceptors (Lipinski definition) is 6. The van der Waals surface area contributed by atoms with Crippen molar-refractivity contribution in [3.63, 3.8) is 0 Å². The van der Waals surface area contributed by atoms with Gasteiger partial charge in [-0.05, 0) is 23.6 Å². The molecule has 0 fully saturated rings. The Bertz CT molecular complexity index is 781. The summed E-state index contributed by atoms with van der Waals surface area (Å²) < 4.78 is 11.2. The van der Waals surface area contributed by atoms with Crippen molar-refractivity contribution >= 4 is 27.4 Å². The lowest BCUT2D eigenvalue weighted by Crippen LogP contribution is -2.17. The number of fused-ring (bicyclic) bond motifs is 1. The molecule has 0 amide bonds. The van der Waals surface area contributed by atoms with Gasteiger partial charge in [0.2, 0.25) is 0 Å². The summed E-state index contributed by atoms with van der Waals surface area (Å²) >= 11 is 1.63. The van der Waals surface area contributed by atoms with Crippen molar-refractivity contribution in [1.82, 2.24) is 9.97 Å². The van der Waals surface area contributed by atoms with Gasteiger partial charge in [0, 0.05) is 20.0 Å². The van der Waals surface area contributed by atoms with Crippen LogP contribution in [0.3, 0.4) is 0 Å². The topological polar surface area (TPSA) is 60.2 Å². The summed E-state index contributed by atoms with van der Waals surface area (Å²) in [5, 5.41) is 6.55. The zero-order valence-electron chi connectivity index (χ0n) is 13.6. The molecule has 0 saturated carbocycles. The largest absolute Gasteiger partial charge is 0.464 e. The molecule has 0 aromatic carbocycles. The highest BCUT2D eigenvalue weighted by molar-refractivity contribution is 7.16. The third-order valence-corrected chi connectivity index (χ3v) is 4.51. The van der Waals surface area contributed by atoms with E-state index >= 15 is 0 Å². The Morgan fingerprint density at radius 1 is 1.22 bits per heavy atom. The van der Waals surface area contributed by atoms with E-state index in [2.05, 4.69) is 29.1 Å². The molecule has 0 aliphatic heterocycles. The van der Waals surface area contributed by atoms with E-state index < -0.39 is 0 Å². The van der Waals surface area contributed by atoms with Gasteiger partial charge in [-0.25, -0.2) is 9.97 Å². The average Bonchev–Trinajstić information content (AvgIpc) is 3.23. The molecule has 23 heavy (non-hydrogen) atoms. The Hall–Kier alpha value is -1.92. The van der Waals surface area contributed by atoms with Crippen LogP contribution < -0.4 is 5.32 Å². The second-order valence-corrected chi connectivity index (χ2v) is 6.19. The van der Waals surface area contributed by atoms with Gasteiger partial charge in [-0.2, -0.15) is 0 Å². The molecule has 0 aliphatic carbocycles. The number of hydrogen-bond donors (Lipinski definition) is 1. The van der Waals surface area contributed by atoms with Gasteiger partial charge in [0.25, 0.3) is 0 Å². The van der Waals surface area contributed by atoms with Gasteiger partial charge < -0.3 is 14.5 Å². The van der Waals surface area contributed by atoms with Crippen LogP contribution in [-0.2, 0) is 17.6 Å². The highest BCUT2D eigenvalue weighted by atomic mass is 32.1. The number of rotatable bonds is 7. The normalized spacial score (nSPS) is 12.7. The first-order chi connectivity index (χ1) is 11.2. The molecule has 6 heteroatoms. The fourth-order valence-corrected chi connectivity index (χ4v) is 3.25. The molecule has 0 saturated heterocycles. The smallest absolute Gasteiger partial charge is 0.139 e. The van der Waals surface area contributed by atoms with E-state index in [0.717, 1.165) is 46.2 Å². The molecule has 1 atom stereocenters. The third-order valence-electron chi connectivity index (χ3n) is 3.71. The van der Waals surface area contributed by atoms with Crippen molar-refractivity contribution < 1.29 is 9.15 Å². The first kappa shape index (κ1) is 16.0. The van der Waals surface area contributed by atoms with Gasteiger partial charge >= 0.3 is 0 Å². The third kappa shape index (κ3) is 3.38. The molecule has 3 aromatic heterocycles.